The standard InChI is InChI=1S/C3H7ClO4S.C2H5BrO3S.2Na/c4-1-3(5)2-9(6,7)8;3-1-2-7(4,5)6;;/h3,5H,1-2H2,(H,6,7,8);1-2H2,(H,4,5,6);;/q;;2*+1/p-2. The van der Waals surface area contributed by atoms with Crippen molar-refractivity contribution in [1.82, 2.24) is 0 Å². The summed E-state index contributed by atoms with van der Waals surface area (Å²) in [4.78, 5) is 0. The molecule has 0 saturated heterocycles. The maximum absolute atomic E-state index is 9.83. The molecule has 0 aliphatic rings. The third kappa shape index (κ3) is 31.1. The molecule has 13 heteroatoms. The van der Waals surface area contributed by atoms with Crippen molar-refractivity contribution in [2.24, 2.45) is 0 Å². The summed E-state index contributed by atoms with van der Waals surface area (Å²) in [5.41, 5.74) is 0. The van der Waals surface area contributed by atoms with Gasteiger partial charge in [-0.2, -0.15) is 0 Å². The first-order valence-corrected chi connectivity index (χ1v) is 8.50. The monoisotopic (exact) mass is 406 g/mol. The molecule has 0 saturated carbocycles. The largest absolute Gasteiger partial charge is 1.00 e. The minimum atomic E-state index is -4.32. The Kier molecular flexibility index (Phi) is 23.1. The molecule has 0 aliphatic carbocycles. The predicted molar refractivity (Wildman–Crippen MR) is 59.6 cm³/mol. The number of hydrogen-bond donors (Lipinski definition) is 1. The number of aliphatic hydroxyl groups excluding tert-OH is 1. The van der Waals surface area contributed by atoms with E-state index >= 15 is 0 Å². The molecular weight excluding hydrogens is 398 g/mol. The van der Waals surface area contributed by atoms with E-state index in [-0.39, 0.29) is 76.1 Å². The summed E-state index contributed by atoms with van der Waals surface area (Å²) < 4.78 is 58.4. The van der Waals surface area contributed by atoms with Crippen LogP contribution in [0.4, 0.5) is 0 Å². The third-order valence-corrected chi connectivity index (χ3v) is 3.68. The number of hydrogen-bond acceptors (Lipinski definition) is 7. The molecular formula is C5H10BrClNa2O7S2. The van der Waals surface area contributed by atoms with Crippen LogP contribution < -0.4 is 59.1 Å². The van der Waals surface area contributed by atoms with Crippen LogP contribution in [0.3, 0.4) is 0 Å². The zero-order valence-electron chi connectivity index (χ0n) is 9.87. The van der Waals surface area contributed by atoms with Crippen molar-refractivity contribution in [3.05, 3.63) is 0 Å². The van der Waals surface area contributed by atoms with Crippen molar-refractivity contribution in [1.29, 1.82) is 0 Å². The number of rotatable bonds is 5. The third-order valence-electron chi connectivity index (χ3n) is 0.902. The molecule has 100 valence electrons. The molecule has 1 N–H and O–H groups in total. The van der Waals surface area contributed by atoms with Gasteiger partial charge in [0.2, 0.25) is 0 Å². The van der Waals surface area contributed by atoms with E-state index in [0.29, 0.717) is 0 Å². The van der Waals surface area contributed by atoms with Crippen LogP contribution in [0.2, 0.25) is 0 Å². The summed E-state index contributed by atoms with van der Waals surface area (Å²) in [5.74, 6) is -1.37. The van der Waals surface area contributed by atoms with Gasteiger partial charge in [-0.25, -0.2) is 16.8 Å². The molecule has 0 aliphatic heterocycles. The quantitative estimate of drug-likeness (QED) is 0.272. The zero-order chi connectivity index (χ0) is 13.4. The SMILES string of the molecule is O=S(=O)([O-])CC(O)CCl.O=S(=O)([O-])CCBr.[Na+].[Na+]. The van der Waals surface area contributed by atoms with E-state index < -0.39 is 32.1 Å². The van der Waals surface area contributed by atoms with Gasteiger partial charge in [-0.05, 0) is 0 Å². The molecule has 0 aromatic heterocycles. The Morgan fingerprint density at radius 1 is 1.11 bits per heavy atom. The topological polar surface area (TPSA) is 135 Å². The Morgan fingerprint density at radius 3 is 1.56 bits per heavy atom. The molecule has 0 amide bonds. The summed E-state index contributed by atoms with van der Waals surface area (Å²) >= 11 is 7.81. The van der Waals surface area contributed by atoms with Gasteiger partial charge < -0.3 is 14.2 Å². The fraction of sp³-hybridized carbons (Fsp3) is 1.00. The second-order valence-electron chi connectivity index (χ2n) is 2.48. The minimum Gasteiger partial charge on any atom is -0.748 e. The van der Waals surface area contributed by atoms with E-state index in [0.717, 1.165) is 0 Å². The molecule has 0 radical (unpaired) electrons. The first-order valence-electron chi connectivity index (χ1n) is 3.69. The number of aliphatic hydroxyl groups is 1. The molecule has 0 spiro atoms. The van der Waals surface area contributed by atoms with Gasteiger partial charge in [-0.1, -0.05) is 15.9 Å². The molecule has 0 rings (SSSR count). The molecule has 0 aromatic carbocycles. The predicted octanol–water partition coefficient (Wildman–Crippen LogP) is -6.93. The van der Waals surface area contributed by atoms with Crippen molar-refractivity contribution in [3.8, 4) is 0 Å². The normalized spacial score (nSPS) is 12.3. The molecule has 0 heterocycles. The molecule has 7 nitrogen and oxygen atoms in total. The first kappa shape index (κ1) is 28.7. The number of alkyl halides is 2. The van der Waals surface area contributed by atoms with Crippen LogP contribution in [0.15, 0.2) is 0 Å². The van der Waals surface area contributed by atoms with Crippen molar-refractivity contribution >= 4 is 47.8 Å². The van der Waals surface area contributed by atoms with Crippen molar-refractivity contribution in [2.45, 2.75) is 6.10 Å². The molecule has 1 atom stereocenters. The smallest absolute Gasteiger partial charge is 0.748 e. The van der Waals surface area contributed by atoms with Crippen LogP contribution >= 0.6 is 27.5 Å². The minimum absolute atomic E-state index is 0. The van der Waals surface area contributed by atoms with Gasteiger partial charge in [0.1, 0.15) is 0 Å². The zero-order valence-corrected chi connectivity index (χ0v) is 17.8. The van der Waals surface area contributed by atoms with Crippen molar-refractivity contribution in [2.75, 3.05) is 22.7 Å². The van der Waals surface area contributed by atoms with Crippen molar-refractivity contribution < 1.29 is 90.2 Å². The second kappa shape index (κ2) is 14.5. The molecule has 18 heavy (non-hydrogen) atoms. The summed E-state index contributed by atoms with van der Waals surface area (Å²) in [6, 6.07) is 0. The van der Waals surface area contributed by atoms with Crippen LogP contribution in [0.25, 0.3) is 0 Å². The van der Waals surface area contributed by atoms with E-state index in [4.69, 9.17) is 16.7 Å². The molecule has 0 aromatic rings. The fourth-order valence-corrected chi connectivity index (χ4v) is 2.58. The van der Waals surface area contributed by atoms with E-state index in [1.807, 2.05) is 0 Å². The van der Waals surface area contributed by atoms with E-state index in [1.54, 1.807) is 0 Å². The average molecular weight is 408 g/mol. The molecule has 0 fully saturated rings. The van der Waals surface area contributed by atoms with Crippen LogP contribution in [-0.2, 0) is 20.2 Å². The van der Waals surface area contributed by atoms with Crippen LogP contribution in [-0.4, -0.2) is 59.9 Å². The summed E-state index contributed by atoms with van der Waals surface area (Å²) in [6.45, 7) is 0. The maximum Gasteiger partial charge on any atom is 1.00 e. The van der Waals surface area contributed by atoms with Gasteiger partial charge in [0, 0.05) is 17.0 Å². The molecule has 1 unspecified atom stereocenters. The van der Waals surface area contributed by atoms with Gasteiger partial charge >= 0.3 is 59.1 Å². The van der Waals surface area contributed by atoms with E-state index in [1.165, 1.54) is 0 Å². The maximum atomic E-state index is 9.83. The first-order chi connectivity index (χ1) is 7.02. The Labute approximate surface area is 164 Å². The van der Waals surface area contributed by atoms with Crippen LogP contribution in [0.5, 0.6) is 0 Å². The Hall–Kier alpha value is 2.55. The van der Waals surface area contributed by atoms with E-state index in [2.05, 4.69) is 15.9 Å². The van der Waals surface area contributed by atoms with E-state index in [9.17, 15) is 25.9 Å². The van der Waals surface area contributed by atoms with Gasteiger partial charge in [0.15, 0.2) is 0 Å². The van der Waals surface area contributed by atoms with Gasteiger partial charge in [0.25, 0.3) is 0 Å². The van der Waals surface area contributed by atoms with Gasteiger partial charge in [0.05, 0.1) is 32.1 Å². The van der Waals surface area contributed by atoms with Gasteiger partial charge in [-0.15, -0.1) is 11.6 Å². The summed E-state index contributed by atoms with van der Waals surface area (Å²) in [7, 11) is -8.29. The fourth-order valence-electron chi connectivity index (χ4n) is 0.375. The van der Waals surface area contributed by atoms with Crippen LogP contribution in [0.1, 0.15) is 0 Å². The second-order valence-corrected chi connectivity index (χ2v) is 6.56. The van der Waals surface area contributed by atoms with Crippen LogP contribution in [0, 0.1) is 0 Å². The Morgan fingerprint density at radius 2 is 1.50 bits per heavy atom. The Bertz CT molecular complexity index is 373. The van der Waals surface area contributed by atoms with Crippen molar-refractivity contribution in [3.63, 3.8) is 0 Å². The number of halogens is 2. The average Bonchev–Trinajstić information content (AvgIpc) is 1.99. The molecule has 0 bridgehead atoms. The summed E-state index contributed by atoms with van der Waals surface area (Å²) in [5, 5.41) is 8.70. The van der Waals surface area contributed by atoms with Gasteiger partial charge in [-0.3, -0.25) is 0 Å². The Balaban J connectivity index is -0.000000100. The summed E-state index contributed by atoms with van der Waals surface area (Å²) in [6.07, 6.45) is -1.24.